The van der Waals surface area contributed by atoms with Crippen molar-refractivity contribution >= 4 is 17.5 Å². The molecule has 1 aromatic rings. The molecule has 0 bridgehead atoms. The van der Waals surface area contributed by atoms with Gasteiger partial charge < -0.3 is 10.2 Å². The Hall–Kier alpha value is -1.84. The molecule has 2 rings (SSSR count). The summed E-state index contributed by atoms with van der Waals surface area (Å²) in [6.07, 6.45) is 0.946. The van der Waals surface area contributed by atoms with Crippen LogP contribution >= 0.6 is 0 Å². The second-order valence-corrected chi connectivity index (χ2v) is 5.83. The Morgan fingerprint density at radius 3 is 2.35 bits per heavy atom. The van der Waals surface area contributed by atoms with Crippen molar-refractivity contribution in [2.24, 2.45) is 11.8 Å². The highest BCUT2D eigenvalue weighted by molar-refractivity contribution is 5.96. The second kappa shape index (κ2) is 5.65. The van der Waals surface area contributed by atoms with Crippen LogP contribution in [0.2, 0.25) is 0 Å². The van der Waals surface area contributed by atoms with Crippen LogP contribution < -0.4 is 5.32 Å². The van der Waals surface area contributed by atoms with Gasteiger partial charge in [-0.15, -0.1) is 0 Å². The van der Waals surface area contributed by atoms with Crippen LogP contribution in [-0.4, -0.2) is 30.3 Å². The fourth-order valence-electron chi connectivity index (χ4n) is 2.43. The van der Waals surface area contributed by atoms with Gasteiger partial charge in [-0.05, 0) is 37.3 Å². The minimum atomic E-state index is -0.147. The summed E-state index contributed by atoms with van der Waals surface area (Å²) in [6, 6.07) is 5.89. The molecule has 1 aliphatic carbocycles. The molecule has 1 N–H and O–H groups in total. The molecule has 1 fully saturated rings. The first-order chi connectivity index (χ1) is 9.40. The van der Waals surface area contributed by atoms with Crippen molar-refractivity contribution in [3.05, 3.63) is 29.3 Å². The summed E-state index contributed by atoms with van der Waals surface area (Å²) >= 11 is 0. The molecule has 0 saturated heterocycles. The van der Waals surface area contributed by atoms with E-state index in [4.69, 9.17) is 0 Å². The minimum absolute atomic E-state index is 0.0779. The van der Waals surface area contributed by atoms with Crippen molar-refractivity contribution in [1.82, 2.24) is 4.90 Å². The summed E-state index contributed by atoms with van der Waals surface area (Å²) in [5, 5.41) is 2.90. The number of benzene rings is 1. The Morgan fingerprint density at radius 2 is 1.85 bits per heavy atom. The van der Waals surface area contributed by atoms with Crippen LogP contribution in [0.25, 0.3) is 0 Å². The molecule has 1 aromatic carbocycles. The van der Waals surface area contributed by atoms with Crippen LogP contribution in [0.1, 0.15) is 24.5 Å². The summed E-state index contributed by atoms with van der Waals surface area (Å²) in [5.41, 5.74) is 2.91. The first-order valence-electron chi connectivity index (χ1n) is 7.01. The number of likely N-dealkylation sites (N-methyl/N-ethyl adjacent to an activating group) is 1. The van der Waals surface area contributed by atoms with Crippen molar-refractivity contribution < 1.29 is 9.59 Å². The lowest BCUT2D eigenvalue weighted by molar-refractivity contribution is -0.134. The minimum Gasteiger partial charge on any atom is -0.336 e. The lowest BCUT2D eigenvalue weighted by atomic mass is 10.1. The van der Waals surface area contributed by atoms with Gasteiger partial charge in [0.25, 0.3) is 0 Å². The number of hydrogen-bond donors (Lipinski definition) is 1. The Bertz CT molecular complexity index is 519. The van der Waals surface area contributed by atoms with Crippen molar-refractivity contribution in [3.63, 3.8) is 0 Å². The van der Waals surface area contributed by atoms with Crippen LogP contribution in [0.5, 0.6) is 0 Å². The molecule has 20 heavy (non-hydrogen) atoms. The number of aryl methyl sites for hydroxylation is 2. The third kappa shape index (κ3) is 3.18. The molecule has 108 valence electrons. The van der Waals surface area contributed by atoms with Gasteiger partial charge in [-0.3, -0.25) is 9.59 Å². The fraction of sp³-hybridized carbons (Fsp3) is 0.500. The number of para-hydroxylation sites is 1. The highest BCUT2D eigenvalue weighted by atomic mass is 16.2. The lowest BCUT2D eigenvalue weighted by Crippen LogP contribution is -2.36. The van der Waals surface area contributed by atoms with E-state index in [1.54, 1.807) is 7.05 Å². The monoisotopic (exact) mass is 274 g/mol. The normalized spacial score (nSPS) is 20.4. The Kier molecular flexibility index (Phi) is 4.12. The van der Waals surface area contributed by atoms with E-state index in [2.05, 4.69) is 12.2 Å². The molecule has 2 amide bonds. The Morgan fingerprint density at radius 1 is 1.30 bits per heavy atom. The SMILES string of the molecule is Cc1cccc(C)c1NC(=O)CN(C)C(=O)[C@H]1C[C@@H]1C. The molecule has 0 unspecified atom stereocenters. The maximum atomic E-state index is 12.1. The standard InChI is InChI=1S/C16H22N2O2/c1-10-6-5-7-11(2)15(10)17-14(19)9-18(4)16(20)13-8-12(13)3/h5-7,12-13H,8-9H2,1-4H3,(H,17,19)/t12-,13-/m0/s1. The summed E-state index contributed by atoms with van der Waals surface area (Å²) in [6.45, 7) is 6.09. The zero-order valence-electron chi connectivity index (χ0n) is 12.6. The molecular weight excluding hydrogens is 252 g/mol. The highest BCUT2D eigenvalue weighted by Gasteiger charge is 2.40. The van der Waals surface area contributed by atoms with Crippen molar-refractivity contribution in [2.45, 2.75) is 27.2 Å². The van der Waals surface area contributed by atoms with Crippen LogP contribution in [0.4, 0.5) is 5.69 Å². The van der Waals surface area contributed by atoms with E-state index in [-0.39, 0.29) is 24.3 Å². The predicted octanol–water partition coefficient (Wildman–Crippen LogP) is 2.36. The van der Waals surface area contributed by atoms with Gasteiger partial charge in [0.05, 0.1) is 6.54 Å². The van der Waals surface area contributed by atoms with Crippen molar-refractivity contribution in [3.8, 4) is 0 Å². The predicted molar refractivity (Wildman–Crippen MR) is 79.5 cm³/mol. The van der Waals surface area contributed by atoms with Gasteiger partial charge >= 0.3 is 0 Å². The summed E-state index contributed by atoms with van der Waals surface area (Å²) in [5.74, 6) is 0.514. The number of carbonyl (C=O) groups is 2. The first kappa shape index (κ1) is 14.6. The fourth-order valence-corrected chi connectivity index (χ4v) is 2.43. The average Bonchev–Trinajstić information content (AvgIpc) is 3.10. The third-order valence-electron chi connectivity index (χ3n) is 3.93. The molecular formula is C16H22N2O2. The van der Waals surface area contributed by atoms with Crippen LogP contribution in [0.3, 0.4) is 0 Å². The molecule has 1 saturated carbocycles. The topological polar surface area (TPSA) is 49.4 Å². The highest BCUT2D eigenvalue weighted by Crippen LogP contribution is 2.38. The molecule has 0 spiro atoms. The third-order valence-corrected chi connectivity index (χ3v) is 3.93. The average molecular weight is 274 g/mol. The molecule has 4 nitrogen and oxygen atoms in total. The zero-order valence-corrected chi connectivity index (χ0v) is 12.6. The van der Waals surface area contributed by atoms with Gasteiger partial charge in [-0.1, -0.05) is 25.1 Å². The van der Waals surface area contributed by atoms with Crippen LogP contribution in [0, 0.1) is 25.7 Å². The molecule has 1 aliphatic rings. The second-order valence-electron chi connectivity index (χ2n) is 5.83. The maximum Gasteiger partial charge on any atom is 0.243 e. The smallest absolute Gasteiger partial charge is 0.243 e. The summed E-state index contributed by atoms with van der Waals surface area (Å²) in [4.78, 5) is 25.6. The van der Waals surface area contributed by atoms with E-state index >= 15 is 0 Å². The number of rotatable bonds is 4. The number of amides is 2. The maximum absolute atomic E-state index is 12.1. The molecule has 2 atom stereocenters. The Labute approximate surface area is 120 Å². The van der Waals surface area contributed by atoms with Gasteiger partial charge in [0.2, 0.25) is 11.8 Å². The number of carbonyl (C=O) groups excluding carboxylic acids is 2. The Balaban J connectivity index is 1.94. The molecule has 0 heterocycles. The first-order valence-corrected chi connectivity index (χ1v) is 7.01. The summed E-state index contributed by atoms with van der Waals surface area (Å²) < 4.78 is 0. The number of hydrogen-bond acceptors (Lipinski definition) is 2. The molecule has 0 radical (unpaired) electrons. The van der Waals surface area contributed by atoms with Gasteiger partial charge in [0, 0.05) is 18.7 Å². The number of nitrogens with zero attached hydrogens (tertiary/aromatic N) is 1. The molecule has 4 heteroatoms. The van der Waals surface area contributed by atoms with Crippen LogP contribution in [0.15, 0.2) is 18.2 Å². The zero-order chi connectivity index (χ0) is 14.9. The van der Waals surface area contributed by atoms with Gasteiger partial charge in [-0.2, -0.15) is 0 Å². The quantitative estimate of drug-likeness (QED) is 0.916. The van der Waals surface area contributed by atoms with E-state index in [0.29, 0.717) is 5.92 Å². The van der Waals surface area contributed by atoms with E-state index < -0.39 is 0 Å². The molecule has 0 aliphatic heterocycles. The van der Waals surface area contributed by atoms with Crippen molar-refractivity contribution in [2.75, 3.05) is 18.9 Å². The number of nitrogens with one attached hydrogen (secondary N) is 1. The van der Waals surface area contributed by atoms with Gasteiger partial charge in [0.15, 0.2) is 0 Å². The van der Waals surface area contributed by atoms with E-state index in [1.165, 1.54) is 4.90 Å². The van der Waals surface area contributed by atoms with Gasteiger partial charge in [-0.25, -0.2) is 0 Å². The van der Waals surface area contributed by atoms with Crippen LogP contribution in [-0.2, 0) is 9.59 Å². The number of anilines is 1. The van der Waals surface area contributed by atoms with Crippen molar-refractivity contribution in [1.29, 1.82) is 0 Å². The largest absolute Gasteiger partial charge is 0.336 e. The van der Waals surface area contributed by atoms with E-state index in [1.807, 2.05) is 32.0 Å². The molecule has 0 aromatic heterocycles. The van der Waals surface area contributed by atoms with E-state index in [0.717, 1.165) is 23.2 Å². The van der Waals surface area contributed by atoms with Gasteiger partial charge in [0.1, 0.15) is 0 Å². The summed E-state index contributed by atoms with van der Waals surface area (Å²) in [7, 11) is 1.69. The van der Waals surface area contributed by atoms with E-state index in [9.17, 15) is 9.59 Å². The lowest BCUT2D eigenvalue weighted by Gasteiger charge is -2.18.